The molecule has 0 saturated carbocycles. The lowest BCUT2D eigenvalue weighted by atomic mass is 10.1. The second kappa shape index (κ2) is 13.4. The minimum atomic E-state index is -1.12. The van der Waals surface area contributed by atoms with E-state index in [1.807, 2.05) is 24.3 Å². The van der Waals surface area contributed by atoms with Gasteiger partial charge in [0, 0.05) is 62.6 Å². The molecule has 2 aliphatic rings. The average Bonchev–Trinajstić information content (AvgIpc) is 2.96. The Kier molecular flexibility index (Phi) is 9.73. The van der Waals surface area contributed by atoms with Crippen molar-refractivity contribution in [2.24, 2.45) is 0 Å². The third-order valence-electron chi connectivity index (χ3n) is 6.88. The van der Waals surface area contributed by atoms with Crippen molar-refractivity contribution in [1.82, 2.24) is 15.1 Å². The van der Waals surface area contributed by atoms with Gasteiger partial charge in [0.2, 0.25) is 0 Å². The molecule has 3 N–H and O–H groups in total. The number of Topliss-reactive ketones (excluding diaryl/α,β-unsaturated/α-hetero) is 1. The van der Waals surface area contributed by atoms with E-state index in [1.54, 1.807) is 4.90 Å². The van der Waals surface area contributed by atoms with Crippen LogP contribution in [0.1, 0.15) is 23.6 Å². The number of aliphatic hydroxyl groups excluding tert-OH is 2. The molecule has 2 heterocycles. The van der Waals surface area contributed by atoms with Gasteiger partial charge in [0.15, 0.2) is 5.78 Å². The number of hydrogen-bond donors (Lipinski definition) is 3. The summed E-state index contributed by atoms with van der Waals surface area (Å²) in [6, 6.07) is 14.9. The summed E-state index contributed by atoms with van der Waals surface area (Å²) in [5.74, 6) is 5.86. The number of nitrogens with one attached hydrogen (secondary N) is 1. The molecule has 2 fully saturated rings. The molecule has 2 amide bonds. The molecule has 0 aromatic heterocycles. The first-order chi connectivity index (χ1) is 18.4. The van der Waals surface area contributed by atoms with E-state index in [1.165, 1.54) is 12.5 Å². The SMILES string of the molecule is C[C@H](O)[C@@H](NC(=O)N1CCN(c2ccc(C#Cc3ccc(CN4CCOCC4)cc3)cc2)CC1)C(=O)CO. The molecular formula is C29H36N4O5. The number of nitrogens with zero attached hydrogens (tertiary/aromatic N) is 3. The van der Waals surface area contributed by atoms with E-state index in [0.29, 0.717) is 26.2 Å². The van der Waals surface area contributed by atoms with Crippen LogP contribution in [-0.4, -0.2) is 103 Å². The summed E-state index contributed by atoms with van der Waals surface area (Å²) in [4.78, 5) is 30.5. The Morgan fingerprint density at radius 2 is 1.50 bits per heavy atom. The molecule has 2 aliphatic heterocycles. The zero-order valence-corrected chi connectivity index (χ0v) is 21.8. The van der Waals surface area contributed by atoms with Crippen molar-refractivity contribution in [3.8, 4) is 11.8 Å². The fourth-order valence-corrected chi connectivity index (χ4v) is 4.57. The maximum atomic E-state index is 12.5. The topological polar surface area (TPSA) is 106 Å². The summed E-state index contributed by atoms with van der Waals surface area (Å²) < 4.78 is 5.41. The number of ketones is 1. The molecule has 0 radical (unpaired) electrons. The third-order valence-corrected chi connectivity index (χ3v) is 6.88. The molecule has 202 valence electrons. The number of morpholine rings is 1. The van der Waals surface area contributed by atoms with Crippen LogP contribution < -0.4 is 10.2 Å². The Bertz CT molecular complexity index is 1130. The number of aliphatic hydroxyl groups is 2. The maximum absolute atomic E-state index is 12.5. The minimum absolute atomic E-state index is 0.419. The highest BCUT2D eigenvalue weighted by Crippen LogP contribution is 2.18. The van der Waals surface area contributed by atoms with Crippen LogP contribution in [0.15, 0.2) is 48.5 Å². The highest BCUT2D eigenvalue weighted by Gasteiger charge is 2.28. The second-order valence-electron chi connectivity index (χ2n) is 9.65. The second-order valence-corrected chi connectivity index (χ2v) is 9.65. The molecule has 0 aliphatic carbocycles. The first kappa shape index (κ1) is 27.6. The standard InChI is InChI=1S/C29H36N4O5/c1-22(35)28(27(36)21-34)30-29(37)33-14-12-32(13-15-33)26-10-8-24(9-11-26)3-2-23-4-6-25(7-5-23)20-31-16-18-38-19-17-31/h4-11,22,28,34-35H,12-21H2,1H3,(H,30,37)/t22-,28+/m0/s1. The van der Waals surface area contributed by atoms with Gasteiger partial charge in [0.25, 0.3) is 0 Å². The summed E-state index contributed by atoms with van der Waals surface area (Å²) in [6.07, 6.45) is -1.08. The number of urea groups is 1. The van der Waals surface area contributed by atoms with Crippen molar-refractivity contribution in [3.63, 3.8) is 0 Å². The van der Waals surface area contributed by atoms with Crippen molar-refractivity contribution < 1.29 is 24.5 Å². The van der Waals surface area contributed by atoms with Crippen LogP contribution in [0.2, 0.25) is 0 Å². The number of rotatable bonds is 7. The molecular weight excluding hydrogens is 484 g/mol. The lowest BCUT2D eigenvalue weighted by Crippen LogP contribution is -2.57. The maximum Gasteiger partial charge on any atom is 0.318 e. The number of anilines is 1. The van der Waals surface area contributed by atoms with Crippen molar-refractivity contribution >= 4 is 17.5 Å². The van der Waals surface area contributed by atoms with E-state index in [9.17, 15) is 14.7 Å². The van der Waals surface area contributed by atoms with Gasteiger partial charge >= 0.3 is 6.03 Å². The third kappa shape index (κ3) is 7.55. The number of carbonyl (C=O) groups is 2. The average molecular weight is 521 g/mol. The molecule has 2 aromatic rings. The zero-order valence-electron chi connectivity index (χ0n) is 21.8. The lowest BCUT2D eigenvalue weighted by Gasteiger charge is -2.36. The lowest BCUT2D eigenvalue weighted by molar-refractivity contribution is -0.125. The predicted molar refractivity (Wildman–Crippen MR) is 145 cm³/mol. The smallest absolute Gasteiger partial charge is 0.318 e. The summed E-state index contributed by atoms with van der Waals surface area (Å²) in [7, 11) is 0. The normalized spacial score (nSPS) is 17.8. The highest BCUT2D eigenvalue weighted by molar-refractivity contribution is 5.89. The van der Waals surface area contributed by atoms with Gasteiger partial charge in [-0.25, -0.2) is 4.79 Å². The molecule has 2 aromatic carbocycles. The first-order valence-electron chi connectivity index (χ1n) is 13.1. The highest BCUT2D eigenvalue weighted by atomic mass is 16.5. The van der Waals surface area contributed by atoms with E-state index < -0.39 is 30.6 Å². The summed E-state index contributed by atoms with van der Waals surface area (Å²) in [6.45, 7) is 7.41. The summed E-state index contributed by atoms with van der Waals surface area (Å²) in [5.41, 5.74) is 4.25. The van der Waals surface area contributed by atoms with E-state index in [2.05, 4.69) is 51.2 Å². The van der Waals surface area contributed by atoms with Crippen LogP contribution >= 0.6 is 0 Å². The number of amides is 2. The van der Waals surface area contributed by atoms with Crippen LogP contribution in [0.25, 0.3) is 0 Å². The number of ether oxygens (including phenoxy) is 1. The summed E-state index contributed by atoms with van der Waals surface area (Å²) in [5, 5.41) is 21.4. The molecule has 38 heavy (non-hydrogen) atoms. The van der Waals surface area contributed by atoms with Gasteiger partial charge in [0.1, 0.15) is 12.6 Å². The van der Waals surface area contributed by atoms with Gasteiger partial charge in [-0.2, -0.15) is 0 Å². The van der Waals surface area contributed by atoms with Crippen LogP contribution in [0.5, 0.6) is 0 Å². The monoisotopic (exact) mass is 520 g/mol. The van der Waals surface area contributed by atoms with Gasteiger partial charge < -0.3 is 30.1 Å². The number of hydrogen-bond acceptors (Lipinski definition) is 7. The summed E-state index contributed by atoms with van der Waals surface area (Å²) >= 11 is 0. The number of piperazine rings is 1. The Morgan fingerprint density at radius 1 is 0.921 bits per heavy atom. The Morgan fingerprint density at radius 3 is 2.05 bits per heavy atom. The Hall–Kier alpha value is -3.42. The van der Waals surface area contributed by atoms with Gasteiger partial charge in [-0.3, -0.25) is 9.69 Å². The van der Waals surface area contributed by atoms with E-state index >= 15 is 0 Å². The van der Waals surface area contributed by atoms with Crippen molar-refractivity contribution in [1.29, 1.82) is 0 Å². The fraction of sp³-hybridized carbons (Fsp3) is 0.448. The van der Waals surface area contributed by atoms with E-state index in [4.69, 9.17) is 9.84 Å². The molecule has 0 unspecified atom stereocenters. The van der Waals surface area contributed by atoms with Crippen LogP contribution in [0, 0.1) is 11.8 Å². The van der Waals surface area contributed by atoms with Crippen molar-refractivity contribution in [3.05, 3.63) is 65.2 Å². The molecule has 2 saturated heterocycles. The van der Waals surface area contributed by atoms with E-state index in [0.717, 1.165) is 49.7 Å². The van der Waals surface area contributed by atoms with Gasteiger partial charge in [-0.15, -0.1) is 0 Å². The van der Waals surface area contributed by atoms with Crippen molar-refractivity contribution in [2.45, 2.75) is 25.6 Å². The zero-order chi connectivity index (χ0) is 26.9. The van der Waals surface area contributed by atoms with Gasteiger partial charge in [0.05, 0.1) is 19.3 Å². The Balaban J connectivity index is 1.26. The molecule has 4 rings (SSSR count). The molecule has 9 nitrogen and oxygen atoms in total. The Labute approximate surface area is 224 Å². The van der Waals surface area contributed by atoms with Crippen molar-refractivity contribution in [2.75, 3.05) is 64.0 Å². The van der Waals surface area contributed by atoms with Gasteiger partial charge in [-0.1, -0.05) is 24.0 Å². The minimum Gasteiger partial charge on any atom is -0.391 e. The largest absolute Gasteiger partial charge is 0.391 e. The van der Waals surface area contributed by atoms with Crippen LogP contribution in [-0.2, 0) is 16.1 Å². The number of carbonyl (C=O) groups excluding carboxylic acids is 2. The fourth-order valence-electron chi connectivity index (χ4n) is 4.57. The van der Waals surface area contributed by atoms with E-state index in [-0.39, 0.29) is 0 Å². The van der Waals surface area contributed by atoms with Crippen LogP contribution in [0.4, 0.5) is 10.5 Å². The molecule has 2 atom stereocenters. The molecule has 0 bridgehead atoms. The number of benzene rings is 2. The molecule has 9 heteroatoms. The van der Waals surface area contributed by atoms with Crippen LogP contribution in [0.3, 0.4) is 0 Å². The first-order valence-corrected chi connectivity index (χ1v) is 13.1. The van der Waals surface area contributed by atoms with Gasteiger partial charge in [-0.05, 0) is 48.9 Å². The molecule has 0 spiro atoms. The predicted octanol–water partition coefficient (Wildman–Crippen LogP) is 1.06. The quantitative estimate of drug-likeness (QED) is 0.469.